The number of nitrogens with one attached hydrogen (secondary N) is 1. The monoisotopic (exact) mass is 463 g/mol. The molecule has 0 radical (unpaired) electrons. The van der Waals surface area contributed by atoms with Crippen LogP contribution in [-0.4, -0.2) is 43.4 Å². The Morgan fingerprint density at radius 3 is 2.64 bits per heavy atom. The summed E-state index contributed by atoms with van der Waals surface area (Å²) in [5, 5.41) is 12.2. The molecule has 10 heteroatoms. The number of ether oxygens (including phenoxy) is 1. The van der Waals surface area contributed by atoms with Crippen LogP contribution in [0.4, 0.5) is 5.69 Å². The van der Waals surface area contributed by atoms with Crippen molar-refractivity contribution in [3.05, 3.63) is 77.1 Å². The molecule has 1 N–H and O–H groups in total. The van der Waals surface area contributed by atoms with E-state index in [0.29, 0.717) is 39.7 Å². The molecule has 0 spiro atoms. The minimum absolute atomic E-state index is 0.0787. The van der Waals surface area contributed by atoms with Crippen LogP contribution in [0.1, 0.15) is 17.3 Å². The number of para-hydroxylation sites is 1. The predicted molar refractivity (Wildman–Crippen MR) is 127 cm³/mol. The summed E-state index contributed by atoms with van der Waals surface area (Å²) in [6, 6.07) is 13.7. The minimum atomic E-state index is -0.410. The highest BCUT2D eigenvalue weighted by molar-refractivity contribution is 7.99. The van der Waals surface area contributed by atoms with E-state index >= 15 is 0 Å². The van der Waals surface area contributed by atoms with E-state index in [1.807, 2.05) is 12.1 Å². The predicted octanol–water partition coefficient (Wildman–Crippen LogP) is 3.14. The molecule has 0 saturated heterocycles. The zero-order valence-corrected chi connectivity index (χ0v) is 18.7. The van der Waals surface area contributed by atoms with E-state index in [9.17, 15) is 14.4 Å². The van der Waals surface area contributed by atoms with Crippen LogP contribution < -0.4 is 10.9 Å². The van der Waals surface area contributed by atoms with Gasteiger partial charge >= 0.3 is 5.97 Å². The lowest BCUT2D eigenvalue weighted by Crippen LogP contribution is -2.22. The van der Waals surface area contributed by atoms with Gasteiger partial charge < -0.3 is 10.1 Å². The van der Waals surface area contributed by atoms with Gasteiger partial charge in [0.05, 0.1) is 28.8 Å². The number of hydrogen-bond donors (Lipinski definition) is 1. The number of carbonyl (C=O) groups is 2. The van der Waals surface area contributed by atoms with Gasteiger partial charge in [0.25, 0.3) is 5.56 Å². The van der Waals surface area contributed by atoms with Crippen molar-refractivity contribution in [2.45, 2.75) is 18.6 Å². The Balaban J connectivity index is 1.54. The zero-order valence-electron chi connectivity index (χ0n) is 17.9. The number of allylic oxidation sites excluding steroid dienone is 1. The molecule has 0 saturated carbocycles. The topological polar surface area (TPSA) is 108 Å². The first-order valence-corrected chi connectivity index (χ1v) is 11.2. The second-order valence-corrected chi connectivity index (χ2v) is 7.92. The maximum absolute atomic E-state index is 12.8. The number of thioether (sulfide) groups is 1. The molecule has 2 aromatic carbocycles. The maximum Gasteiger partial charge on any atom is 0.338 e. The molecule has 0 unspecified atom stereocenters. The number of rotatable bonds is 8. The molecule has 0 aliphatic carbocycles. The van der Waals surface area contributed by atoms with Crippen LogP contribution in [0.15, 0.2) is 71.1 Å². The van der Waals surface area contributed by atoms with E-state index in [-0.39, 0.29) is 23.8 Å². The average molecular weight is 464 g/mol. The fourth-order valence-electron chi connectivity index (χ4n) is 3.35. The van der Waals surface area contributed by atoms with Crippen molar-refractivity contribution in [1.29, 1.82) is 0 Å². The lowest BCUT2D eigenvalue weighted by Gasteiger charge is -2.10. The van der Waals surface area contributed by atoms with Gasteiger partial charge in [0, 0.05) is 12.2 Å². The molecular formula is C23H21N5O4S. The van der Waals surface area contributed by atoms with Gasteiger partial charge in [-0.05, 0) is 43.3 Å². The number of benzene rings is 2. The number of anilines is 1. The van der Waals surface area contributed by atoms with Gasteiger partial charge in [-0.3, -0.25) is 18.6 Å². The molecule has 9 nitrogen and oxygen atoms in total. The fourth-order valence-corrected chi connectivity index (χ4v) is 4.09. The van der Waals surface area contributed by atoms with Gasteiger partial charge in [0.15, 0.2) is 5.16 Å². The Morgan fingerprint density at radius 2 is 1.91 bits per heavy atom. The van der Waals surface area contributed by atoms with Crippen molar-refractivity contribution >= 4 is 46.0 Å². The number of fused-ring (bicyclic) bond motifs is 3. The first-order valence-electron chi connectivity index (χ1n) is 10.2. The molecule has 4 aromatic rings. The summed E-state index contributed by atoms with van der Waals surface area (Å²) in [5.41, 5.74) is 1.47. The molecule has 0 aliphatic heterocycles. The van der Waals surface area contributed by atoms with E-state index in [0.717, 1.165) is 0 Å². The van der Waals surface area contributed by atoms with E-state index < -0.39 is 5.97 Å². The number of carbonyl (C=O) groups excluding carboxylic acids is 2. The lowest BCUT2D eigenvalue weighted by atomic mass is 10.2. The van der Waals surface area contributed by atoms with Crippen LogP contribution in [0.3, 0.4) is 0 Å². The number of aromatic nitrogens is 4. The molecule has 2 heterocycles. The molecule has 0 fully saturated rings. The second kappa shape index (κ2) is 9.70. The van der Waals surface area contributed by atoms with E-state index in [2.05, 4.69) is 22.1 Å². The van der Waals surface area contributed by atoms with Crippen molar-refractivity contribution in [2.24, 2.45) is 0 Å². The van der Waals surface area contributed by atoms with Gasteiger partial charge in [-0.1, -0.05) is 30.0 Å². The van der Waals surface area contributed by atoms with E-state index in [1.54, 1.807) is 53.8 Å². The Kier molecular flexibility index (Phi) is 6.55. The Bertz CT molecular complexity index is 1410. The summed E-state index contributed by atoms with van der Waals surface area (Å²) in [6.45, 7) is 6.04. The average Bonchev–Trinajstić information content (AvgIpc) is 3.25. The van der Waals surface area contributed by atoms with Crippen molar-refractivity contribution in [3.63, 3.8) is 0 Å². The van der Waals surface area contributed by atoms with Crippen molar-refractivity contribution in [2.75, 3.05) is 17.7 Å². The highest BCUT2D eigenvalue weighted by atomic mass is 32.2. The van der Waals surface area contributed by atoms with E-state index in [1.165, 1.54) is 16.3 Å². The number of esters is 1. The first-order chi connectivity index (χ1) is 16.0. The Morgan fingerprint density at radius 1 is 1.15 bits per heavy atom. The molecule has 0 bridgehead atoms. The summed E-state index contributed by atoms with van der Waals surface area (Å²) in [7, 11) is 0. The SMILES string of the molecule is C=CCn1c(=O)c2ccccc2n2c(SCC(=O)Nc3ccc(C(=O)OCC)cc3)nnc12. The highest BCUT2D eigenvalue weighted by Crippen LogP contribution is 2.22. The van der Waals surface area contributed by atoms with Crippen molar-refractivity contribution in [3.8, 4) is 0 Å². The van der Waals surface area contributed by atoms with Gasteiger partial charge in [0.1, 0.15) is 0 Å². The number of nitrogens with zero attached hydrogens (tertiary/aromatic N) is 4. The molecule has 0 atom stereocenters. The molecule has 0 aliphatic rings. The Hall–Kier alpha value is -3.92. The van der Waals surface area contributed by atoms with Crippen LogP contribution in [-0.2, 0) is 16.1 Å². The van der Waals surface area contributed by atoms with Crippen molar-refractivity contribution in [1.82, 2.24) is 19.2 Å². The summed E-state index contributed by atoms with van der Waals surface area (Å²) in [4.78, 5) is 37.1. The summed E-state index contributed by atoms with van der Waals surface area (Å²) in [6.07, 6.45) is 1.62. The molecule has 168 valence electrons. The molecule has 4 rings (SSSR count). The highest BCUT2D eigenvalue weighted by Gasteiger charge is 2.17. The van der Waals surface area contributed by atoms with E-state index in [4.69, 9.17) is 4.74 Å². The van der Waals surface area contributed by atoms with Gasteiger partial charge in [-0.25, -0.2) is 4.79 Å². The van der Waals surface area contributed by atoms with Crippen LogP contribution >= 0.6 is 11.8 Å². The van der Waals surface area contributed by atoms with Crippen LogP contribution in [0.2, 0.25) is 0 Å². The van der Waals surface area contributed by atoms with Crippen molar-refractivity contribution < 1.29 is 14.3 Å². The third kappa shape index (κ3) is 4.51. The number of hydrogen-bond acceptors (Lipinski definition) is 7. The quantitative estimate of drug-likeness (QED) is 0.243. The third-order valence-electron chi connectivity index (χ3n) is 4.80. The second-order valence-electron chi connectivity index (χ2n) is 6.97. The van der Waals surface area contributed by atoms with Crippen LogP contribution in [0.25, 0.3) is 16.7 Å². The normalized spacial score (nSPS) is 10.9. The van der Waals surface area contributed by atoms with Crippen LogP contribution in [0, 0.1) is 0 Å². The molecular weight excluding hydrogens is 442 g/mol. The molecule has 1 amide bonds. The van der Waals surface area contributed by atoms with Gasteiger partial charge in [0.2, 0.25) is 11.7 Å². The molecule has 33 heavy (non-hydrogen) atoms. The number of amides is 1. The maximum atomic E-state index is 12.8. The largest absolute Gasteiger partial charge is 0.462 e. The minimum Gasteiger partial charge on any atom is -0.462 e. The first kappa shape index (κ1) is 22.3. The summed E-state index contributed by atoms with van der Waals surface area (Å²) in [5.74, 6) is -0.192. The third-order valence-corrected chi connectivity index (χ3v) is 5.73. The van der Waals surface area contributed by atoms with Crippen LogP contribution in [0.5, 0.6) is 0 Å². The fraction of sp³-hybridized carbons (Fsp3) is 0.174. The summed E-state index contributed by atoms with van der Waals surface area (Å²) >= 11 is 1.21. The zero-order chi connectivity index (χ0) is 23.4. The lowest BCUT2D eigenvalue weighted by molar-refractivity contribution is -0.113. The Labute approximate surface area is 193 Å². The molecule has 2 aromatic heterocycles. The summed E-state index contributed by atoms with van der Waals surface area (Å²) < 4.78 is 8.22. The standard InChI is InChI=1S/C23H21N5O4S/c1-3-13-27-20(30)17-7-5-6-8-18(17)28-22(27)25-26-23(28)33-14-19(29)24-16-11-9-15(10-12-16)21(31)32-4-2/h3,5-12H,1,4,13-14H2,2H3,(H,24,29). The van der Waals surface area contributed by atoms with Gasteiger partial charge in [-0.2, -0.15) is 0 Å². The smallest absolute Gasteiger partial charge is 0.338 e. The van der Waals surface area contributed by atoms with Gasteiger partial charge in [-0.15, -0.1) is 16.8 Å².